The minimum absolute atomic E-state index is 0.137. The molecule has 78 heavy (non-hydrogen) atoms. The zero-order valence-electron chi connectivity index (χ0n) is 48.7. The van der Waals surface area contributed by atoms with Gasteiger partial charge in [-0.3, -0.25) is 38.5 Å². The Morgan fingerprint density at radius 2 is 0.872 bits per heavy atom. The van der Waals surface area contributed by atoms with Gasteiger partial charge < -0.3 is 58.4 Å². The van der Waals surface area contributed by atoms with E-state index in [1.165, 1.54) is 0 Å². The van der Waals surface area contributed by atoms with Crippen LogP contribution in [0, 0.1) is 5.92 Å². The number of rotatable bonds is 55. The van der Waals surface area contributed by atoms with Crippen LogP contribution in [-0.4, -0.2) is 177 Å². The second-order valence-electron chi connectivity index (χ2n) is 20.9. The lowest BCUT2D eigenvalue weighted by molar-refractivity contribution is -0.205. The van der Waals surface area contributed by atoms with Gasteiger partial charge in [0.25, 0.3) is 0 Å². The van der Waals surface area contributed by atoms with Crippen LogP contribution < -0.4 is 20.8 Å². The van der Waals surface area contributed by atoms with E-state index < -0.39 is 25.4 Å². The molecule has 2 atom stereocenters. The number of unbranched alkanes of at least 4 members (excludes halogenated alkanes) is 8. The van der Waals surface area contributed by atoms with Crippen molar-refractivity contribution in [3.8, 4) is 0 Å². The van der Waals surface area contributed by atoms with E-state index in [0.717, 1.165) is 19.3 Å². The molecule has 0 radical (unpaired) electrons. The van der Waals surface area contributed by atoms with Gasteiger partial charge >= 0.3 is 0 Å². The summed E-state index contributed by atoms with van der Waals surface area (Å²) in [7, 11) is 0.873. The summed E-state index contributed by atoms with van der Waals surface area (Å²) in [6.45, 7) is 8.39. The summed E-state index contributed by atoms with van der Waals surface area (Å²) in [6, 6.07) is -0.837. The Morgan fingerprint density at radius 3 is 1.28 bits per heavy atom. The molecule has 21 heteroatoms. The van der Waals surface area contributed by atoms with E-state index in [2.05, 4.69) is 16.0 Å². The number of carbonyl (C=O) groups is 7. The van der Waals surface area contributed by atoms with Crippen molar-refractivity contribution in [1.82, 2.24) is 20.9 Å². The molecule has 0 saturated heterocycles. The van der Waals surface area contributed by atoms with E-state index in [1.54, 1.807) is 40.1 Å². The van der Waals surface area contributed by atoms with Crippen LogP contribution >= 0.6 is 7.60 Å². The minimum Gasteiger partial charge on any atom is -0.778 e. The van der Waals surface area contributed by atoms with Gasteiger partial charge in [0.15, 0.2) is 0 Å². The average Bonchev–Trinajstić information content (AvgIpc) is 3.40. The number of carbonyl (C=O) groups excluding carboxylic acids is 7. The third-order valence-electron chi connectivity index (χ3n) is 13.8. The van der Waals surface area contributed by atoms with Gasteiger partial charge in [-0.05, 0) is 96.3 Å². The molecule has 20 nitrogen and oxygen atoms in total. The number of hydrogen-bond acceptors (Lipinski definition) is 17. The maximum atomic E-state index is 14.2. The molecule has 1 aliphatic carbocycles. The number of amides is 3. The van der Waals surface area contributed by atoms with Crippen LogP contribution in [0.5, 0.6) is 0 Å². The maximum absolute atomic E-state index is 14.2. The third-order valence-corrected chi connectivity index (χ3v) is 15.6. The second-order valence-corrected chi connectivity index (χ2v) is 23.2. The molecule has 0 aromatic heterocycles. The van der Waals surface area contributed by atoms with Crippen LogP contribution in [0.15, 0.2) is 0 Å². The molecular formula is C57H104N4O16P-. The van der Waals surface area contributed by atoms with E-state index in [-0.39, 0.29) is 59.9 Å². The molecule has 3 amide bonds. The van der Waals surface area contributed by atoms with Crippen molar-refractivity contribution in [3.05, 3.63) is 0 Å². The van der Waals surface area contributed by atoms with E-state index in [4.69, 9.17) is 32.9 Å². The van der Waals surface area contributed by atoms with Crippen LogP contribution in [-0.2, 0) is 71.1 Å². The first-order chi connectivity index (χ1) is 37.6. The first-order valence-corrected chi connectivity index (χ1v) is 31.1. The van der Waals surface area contributed by atoms with Crippen LogP contribution in [0.2, 0.25) is 0 Å². The fourth-order valence-electron chi connectivity index (χ4n) is 8.95. The first-order valence-electron chi connectivity index (χ1n) is 29.4. The predicted molar refractivity (Wildman–Crippen MR) is 298 cm³/mol. The molecule has 2 unspecified atom stereocenters. The zero-order chi connectivity index (χ0) is 57.5. The van der Waals surface area contributed by atoms with Gasteiger partial charge in [-0.15, -0.1) is 0 Å². The van der Waals surface area contributed by atoms with E-state index in [1.807, 2.05) is 0 Å². The molecule has 454 valence electrons. The number of ether oxygens (including phenoxy) is 6. The van der Waals surface area contributed by atoms with Crippen molar-refractivity contribution < 1.29 is 76.0 Å². The third kappa shape index (κ3) is 40.2. The molecule has 0 spiro atoms. The van der Waals surface area contributed by atoms with E-state index >= 15 is 0 Å². The summed E-state index contributed by atoms with van der Waals surface area (Å²) < 4.78 is 49.0. The van der Waals surface area contributed by atoms with Gasteiger partial charge in [-0.25, -0.2) is 0 Å². The summed E-state index contributed by atoms with van der Waals surface area (Å²) in [5.74, 6) is -0.484. The molecule has 1 aliphatic rings. The van der Waals surface area contributed by atoms with Crippen LogP contribution in [0.4, 0.5) is 0 Å². The number of Topliss-reactive ketones (excluding diaryl/α,β-unsaturated/α-hetero) is 4. The minimum atomic E-state index is -3.95. The number of nitrogens with one attached hydrogen (secondary N) is 3. The van der Waals surface area contributed by atoms with E-state index in [0.29, 0.717) is 233 Å². The Morgan fingerprint density at radius 1 is 0.487 bits per heavy atom. The first kappa shape index (κ1) is 73.0. The van der Waals surface area contributed by atoms with Gasteiger partial charge in [0.2, 0.25) is 17.7 Å². The average molecular weight is 1130 g/mol. The Balaban J connectivity index is 2.97. The molecule has 3 N–H and O–H groups in total. The summed E-state index contributed by atoms with van der Waals surface area (Å²) in [5.41, 5.74) is -0.608. The highest BCUT2D eigenvalue weighted by Gasteiger charge is 2.31. The molecule has 0 heterocycles. The van der Waals surface area contributed by atoms with Crippen LogP contribution in [0.3, 0.4) is 0 Å². The summed E-state index contributed by atoms with van der Waals surface area (Å²) in [6.07, 6.45) is 15.2. The van der Waals surface area contributed by atoms with Gasteiger partial charge in [-0.2, -0.15) is 0 Å². The lowest BCUT2D eigenvalue weighted by Gasteiger charge is -2.35. The fourth-order valence-corrected chi connectivity index (χ4v) is 9.82. The van der Waals surface area contributed by atoms with Crippen molar-refractivity contribution in [2.24, 2.45) is 5.92 Å². The largest absolute Gasteiger partial charge is 0.778 e. The molecule has 0 aromatic carbocycles. The smallest absolute Gasteiger partial charge is 0.237 e. The lowest BCUT2D eigenvalue weighted by atomic mass is 9.83. The van der Waals surface area contributed by atoms with Crippen molar-refractivity contribution in [3.63, 3.8) is 0 Å². The van der Waals surface area contributed by atoms with Crippen LogP contribution in [0.1, 0.15) is 187 Å². The topological polar surface area (TPSA) is 264 Å². The molecular weight excluding hydrogens is 1030 g/mol. The van der Waals surface area contributed by atoms with Crippen molar-refractivity contribution in [2.75, 3.05) is 114 Å². The molecule has 0 aromatic rings. The Kier molecular flexibility index (Phi) is 45.5. The van der Waals surface area contributed by atoms with Crippen LogP contribution in [0.25, 0.3) is 0 Å². The number of methoxy groups -OCH3 is 3. The zero-order valence-corrected chi connectivity index (χ0v) is 49.6. The van der Waals surface area contributed by atoms with E-state index in [9.17, 15) is 43.0 Å². The molecule has 0 aliphatic heterocycles. The Labute approximate surface area is 468 Å². The summed E-state index contributed by atoms with van der Waals surface area (Å²) in [5, 5.41) is 8.95. The molecule has 1 saturated carbocycles. The highest BCUT2D eigenvalue weighted by molar-refractivity contribution is 7.52. The molecule has 0 bridgehead atoms. The monoisotopic (exact) mass is 1130 g/mol. The quantitative estimate of drug-likeness (QED) is 0.0418. The van der Waals surface area contributed by atoms with Gasteiger partial charge in [-0.1, -0.05) is 46.0 Å². The number of hydrogen-bond donors (Lipinski definition) is 3. The van der Waals surface area contributed by atoms with Gasteiger partial charge in [0, 0.05) is 117 Å². The Bertz CT molecular complexity index is 1610. The van der Waals surface area contributed by atoms with Crippen molar-refractivity contribution in [2.45, 2.75) is 205 Å². The SMILES string of the molecule is COCCOCCCC(=O)CCCCCNC(=O)CN(CC(=O)NCCCCCC(=O)CCCOCCOC)C(CCCCCC(=O)C1CCC(OP(=O)([O-])C(C)C)CC1)C(=O)NCCCCCC(=O)CCCOCCOC. The number of ketones is 4. The lowest BCUT2D eigenvalue weighted by Crippen LogP contribution is -2.53. The number of nitrogens with zero attached hydrogens (tertiary/aromatic N) is 1. The fraction of sp³-hybridized carbons (Fsp3) is 0.877. The normalized spacial score (nSPS) is 15.7. The highest BCUT2D eigenvalue weighted by Crippen LogP contribution is 2.46. The maximum Gasteiger partial charge on any atom is 0.237 e. The van der Waals surface area contributed by atoms with Crippen molar-refractivity contribution in [1.29, 1.82) is 0 Å². The standard InChI is InChI=1S/C57H105N4O16P/c1-47(2)78(69,70)77-52-31-29-48(30-32-52)54(65)28-14-6-13-27-53(57(68)60-35-17-9-12-23-51(64)26-20-38-76-44-41-73-5)61(45-55(66)58-33-15-7-10-21-49(62)24-18-36-74-42-39-71-3)46-56(67)59-34-16-8-11-22-50(63)25-19-37-75-43-40-72-4/h47-48,52-53H,6-46H2,1-5H3,(H,58,66)(H,59,67)(H,60,68)(H,69,70)/p-1. The summed E-state index contributed by atoms with van der Waals surface area (Å²) in [4.78, 5) is 106. The predicted octanol–water partition coefficient (Wildman–Crippen LogP) is 6.78. The van der Waals surface area contributed by atoms with Gasteiger partial charge in [0.05, 0.1) is 64.9 Å². The highest BCUT2D eigenvalue weighted by atomic mass is 31.2. The van der Waals surface area contributed by atoms with Gasteiger partial charge in [0.1, 0.15) is 30.7 Å². The second kappa shape index (κ2) is 48.6. The molecule has 1 fully saturated rings. The summed E-state index contributed by atoms with van der Waals surface area (Å²) >= 11 is 0. The van der Waals surface area contributed by atoms with Crippen molar-refractivity contribution >= 4 is 48.5 Å². The molecule has 1 rings (SSSR count). The Hall–Kier alpha value is -3.04.